The molecule has 3 fully saturated rings. The molecule has 0 aromatic heterocycles. The minimum absolute atomic E-state index is 0.157. The van der Waals surface area contributed by atoms with E-state index in [9.17, 15) is 19.5 Å². The summed E-state index contributed by atoms with van der Waals surface area (Å²) >= 11 is 0. The zero-order chi connectivity index (χ0) is 12.2. The van der Waals surface area contributed by atoms with Gasteiger partial charge in [-0.3, -0.25) is 9.11 Å². The first kappa shape index (κ1) is 12.0. The summed E-state index contributed by atoms with van der Waals surface area (Å²) in [6.07, 6.45) is -0.698. The average Bonchev–Trinajstić information content (AvgIpc) is 2.58. The van der Waals surface area contributed by atoms with E-state index in [1.54, 1.807) is 0 Å². The number of fused-ring (bicyclic) bond motifs is 3. The number of hydrogen-bond acceptors (Lipinski definition) is 5. The molecule has 3 heterocycles. The number of hydrogen-bond donors (Lipinski definition) is 3. The van der Waals surface area contributed by atoms with Gasteiger partial charge >= 0.3 is 0 Å². The Labute approximate surface area is 103 Å². The lowest BCUT2D eigenvalue weighted by molar-refractivity contribution is -0.0633. The Hall–Kier alpha value is -0.0100. The minimum Gasteiger partial charge on any atom is -0.391 e. The van der Waals surface area contributed by atoms with E-state index in [0.29, 0.717) is 24.6 Å². The van der Waals surface area contributed by atoms with Crippen molar-refractivity contribution in [2.24, 2.45) is 5.92 Å². The standard InChI is InChI=1S/C11H19NO4S/c13-8-3-6-1-2-17(16)5-7(6)12-4-9(14)11(15)10(8)12/h6-11,13-15H,1-5H2/t6?,7?,8?,9-,10?,11-,17?/m1/s1. The van der Waals surface area contributed by atoms with Crippen molar-refractivity contribution in [1.29, 1.82) is 0 Å². The third-order valence-electron chi connectivity index (χ3n) is 4.51. The molecule has 3 N–H and O–H groups in total. The Bertz CT molecular complexity index is 339. The number of aliphatic hydroxyl groups excluding tert-OH is 3. The molecule has 3 saturated heterocycles. The average molecular weight is 261 g/mol. The summed E-state index contributed by atoms with van der Waals surface area (Å²) < 4.78 is 11.6. The van der Waals surface area contributed by atoms with Gasteiger partial charge in [0.15, 0.2) is 0 Å². The fourth-order valence-electron chi connectivity index (χ4n) is 3.65. The Balaban J connectivity index is 1.86. The molecule has 3 aliphatic rings. The molecule has 0 aromatic carbocycles. The summed E-state index contributed by atoms with van der Waals surface area (Å²) in [7, 11) is -0.788. The molecule has 0 radical (unpaired) electrons. The van der Waals surface area contributed by atoms with E-state index in [0.717, 1.165) is 12.2 Å². The van der Waals surface area contributed by atoms with Crippen LogP contribution in [0.4, 0.5) is 0 Å². The molecule has 5 unspecified atom stereocenters. The van der Waals surface area contributed by atoms with Gasteiger partial charge in [0.05, 0.1) is 24.4 Å². The van der Waals surface area contributed by atoms with Gasteiger partial charge in [-0.1, -0.05) is 0 Å². The lowest BCUT2D eigenvalue weighted by atomic mass is 9.82. The SMILES string of the molecule is O=S1CCC2CC(O)C3[C@H](O)[C@H](O)CN3C2C1. The fraction of sp³-hybridized carbons (Fsp3) is 1.00. The van der Waals surface area contributed by atoms with Crippen LogP contribution in [0, 0.1) is 5.92 Å². The monoisotopic (exact) mass is 261 g/mol. The zero-order valence-electron chi connectivity index (χ0n) is 9.60. The van der Waals surface area contributed by atoms with E-state index >= 15 is 0 Å². The van der Waals surface area contributed by atoms with Crippen molar-refractivity contribution in [1.82, 2.24) is 4.90 Å². The summed E-state index contributed by atoms with van der Waals surface area (Å²) in [5.74, 6) is 1.70. The van der Waals surface area contributed by atoms with Crippen LogP contribution in [0.15, 0.2) is 0 Å². The van der Waals surface area contributed by atoms with Crippen LogP contribution in [0.25, 0.3) is 0 Å². The first-order valence-corrected chi connectivity index (χ1v) is 7.71. The molecule has 98 valence electrons. The molecule has 5 nitrogen and oxygen atoms in total. The highest BCUT2D eigenvalue weighted by atomic mass is 32.2. The molecule has 3 rings (SSSR count). The third-order valence-corrected chi connectivity index (χ3v) is 5.91. The fourth-order valence-corrected chi connectivity index (χ4v) is 5.23. The van der Waals surface area contributed by atoms with Crippen LogP contribution in [0.2, 0.25) is 0 Å². The molecular formula is C11H19NO4S. The molecule has 0 aromatic rings. The van der Waals surface area contributed by atoms with E-state index in [4.69, 9.17) is 0 Å². The van der Waals surface area contributed by atoms with E-state index in [1.165, 1.54) is 0 Å². The molecule has 6 heteroatoms. The van der Waals surface area contributed by atoms with Crippen LogP contribution in [-0.4, -0.2) is 72.9 Å². The van der Waals surface area contributed by atoms with Gasteiger partial charge in [0.2, 0.25) is 0 Å². The second-order valence-corrected chi connectivity index (χ2v) is 7.10. The third kappa shape index (κ3) is 1.86. The predicted octanol–water partition coefficient (Wildman–Crippen LogP) is -1.71. The van der Waals surface area contributed by atoms with Gasteiger partial charge in [-0.05, 0) is 18.8 Å². The van der Waals surface area contributed by atoms with Gasteiger partial charge < -0.3 is 15.3 Å². The summed E-state index contributed by atoms with van der Waals surface area (Å²) in [5.41, 5.74) is 0. The lowest BCUT2D eigenvalue weighted by Crippen LogP contribution is -2.60. The summed E-state index contributed by atoms with van der Waals surface area (Å²) in [4.78, 5) is 1.99. The van der Waals surface area contributed by atoms with Gasteiger partial charge in [0.1, 0.15) is 0 Å². The van der Waals surface area contributed by atoms with Crippen molar-refractivity contribution in [3.05, 3.63) is 0 Å². The van der Waals surface area contributed by atoms with Crippen molar-refractivity contribution < 1.29 is 19.5 Å². The normalized spacial score (nSPS) is 55.4. The molecule has 0 spiro atoms. The van der Waals surface area contributed by atoms with Gasteiger partial charge in [-0.15, -0.1) is 0 Å². The van der Waals surface area contributed by atoms with E-state index in [1.807, 2.05) is 4.90 Å². The van der Waals surface area contributed by atoms with Gasteiger partial charge in [0.25, 0.3) is 0 Å². The van der Waals surface area contributed by atoms with Crippen molar-refractivity contribution in [3.63, 3.8) is 0 Å². The topological polar surface area (TPSA) is 81.0 Å². The second-order valence-electron chi connectivity index (χ2n) is 5.48. The summed E-state index contributed by atoms with van der Waals surface area (Å²) in [6.45, 7) is 0.390. The summed E-state index contributed by atoms with van der Waals surface area (Å²) in [6, 6.07) is -0.217. The largest absolute Gasteiger partial charge is 0.391 e. The number of rotatable bonds is 0. The number of aliphatic hydroxyl groups is 3. The maximum absolute atomic E-state index is 11.6. The molecule has 0 amide bonds. The second kappa shape index (κ2) is 4.28. The maximum Gasteiger partial charge on any atom is 0.0991 e. The van der Waals surface area contributed by atoms with Crippen LogP contribution in [0.5, 0.6) is 0 Å². The molecule has 3 aliphatic heterocycles. The highest BCUT2D eigenvalue weighted by molar-refractivity contribution is 7.85. The predicted molar refractivity (Wildman–Crippen MR) is 62.9 cm³/mol. The van der Waals surface area contributed by atoms with Crippen molar-refractivity contribution >= 4 is 10.8 Å². The molecule has 0 bridgehead atoms. The van der Waals surface area contributed by atoms with Crippen LogP contribution < -0.4 is 0 Å². The smallest absolute Gasteiger partial charge is 0.0991 e. The van der Waals surface area contributed by atoms with Gasteiger partial charge in [0, 0.05) is 34.9 Å². The Morgan fingerprint density at radius 3 is 2.71 bits per heavy atom. The molecule has 17 heavy (non-hydrogen) atoms. The molecule has 7 atom stereocenters. The molecule has 0 saturated carbocycles. The Morgan fingerprint density at radius 1 is 1.18 bits per heavy atom. The molecular weight excluding hydrogens is 242 g/mol. The quantitative estimate of drug-likeness (QED) is 0.484. The van der Waals surface area contributed by atoms with Gasteiger partial charge in [-0.25, -0.2) is 0 Å². The highest BCUT2D eigenvalue weighted by Gasteiger charge is 2.52. The van der Waals surface area contributed by atoms with Crippen molar-refractivity contribution in [2.45, 2.75) is 43.2 Å². The van der Waals surface area contributed by atoms with Crippen molar-refractivity contribution in [2.75, 3.05) is 18.1 Å². The number of nitrogens with zero attached hydrogens (tertiary/aromatic N) is 1. The maximum atomic E-state index is 11.6. The minimum atomic E-state index is -0.874. The van der Waals surface area contributed by atoms with Crippen molar-refractivity contribution in [3.8, 4) is 0 Å². The van der Waals surface area contributed by atoms with Crippen LogP contribution >= 0.6 is 0 Å². The van der Waals surface area contributed by atoms with E-state index in [-0.39, 0.29) is 12.1 Å². The van der Waals surface area contributed by atoms with Crippen LogP contribution in [0.1, 0.15) is 12.8 Å². The Morgan fingerprint density at radius 2 is 1.94 bits per heavy atom. The molecule has 0 aliphatic carbocycles. The highest BCUT2D eigenvalue weighted by Crippen LogP contribution is 2.38. The summed E-state index contributed by atoms with van der Waals surface area (Å²) in [5, 5.41) is 29.7. The number of piperidine rings is 1. The first-order chi connectivity index (χ1) is 8.08. The first-order valence-electron chi connectivity index (χ1n) is 6.23. The van der Waals surface area contributed by atoms with Gasteiger partial charge in [-0.2, -0.15) is 0 Å². The van der Waals surface area contributed by atoms with Crippen LogP contribution in [-0.2, 0) is 10.8 Å². The van der Waals surface area contributed by atoms with E-state index < -0.39 is 29.1 Å². The zero-order valence-corrected chi connectivity index (χ0v) is 10.4. The van der Waals surface area contributed by atoms with Crippen LogP contribution in [0.3, 0.4) is 0 Å². The van der Waals surface area contributed by atoms with E-state index in [2.05, 4.69) is 0 Å². The lowest BCUT2D eigenvalue weighted by Gasteiger charge is -2.47. The Kier molecular flexibility index (Phi) is 3.03.